The van der Waals surface area contributed by atoms with Crippen molar-refractivity contribution in [1.82, 2.24) is 20.1 Å². The van der Waals surface area contributed by atoms with Gasteiger partial charge in [0.1, 0.15) is 23.3 Å². The summed E-state index contributed by atoms with van der Waals surface area (Å²) < 4.78 is 5.54. The van der Waals surface area contributed by atoms with Crippen LogP contribution in [0.25, 0.3) is 0 Å². The van der Waals surface area contributed by atoms with Crippen LogP contribution in [0.3, 0.4) is 0 Å². The third kappa shape index (κ3) is 5.45. The number of piperazine rings is 2. The third-order valence-corrected chi connectivity index (χ3v) is 6.80. The second-order valence-electron chi connectivity index (χ2n) is 10.3. The lowest BCUT2D eigenvalue weighted by Crippen LogP contribution is -2.51. The van der Waals surface area contributed by atoms with E-state index in [1.807, 2.05) is 32.6 Å². The minimum Gasteiger partial charge on any atom is -0.444 e. The van der Waals surface area contributed by atoms with Crippen molar-refractivity contribution in [2.24, 2.45) is 0 Å². The number of rotatable bonds is 3. The van der Waals surface area contributed by atoms with Crippen molar-refractivity contribution < 1.29 is 14.3 Å². The lowest BCUT2D eigenvalue weighted by atomic mass is 9.96. The van der Waals surface area contributed by atoms with Gasteiger partial charge >= 0.3 is 6.09 Å². The summed E-state index contributed by atoms with van der Waals surface area (Å²) in [6, 6.07) is 2.43. The number of fused-ring (bicyclic) bond motifs is 1. The molecule has 0 atom stereocenters. The molecule has 0 spiro atoms. The summed E-state index contributed by atoms with van der Waals surface area (Å²) in [6.45, 7) is 14.1. The van der Waals surface area contributed by atoms with Crippen LogP contribution in [0, 0.1) is 11.3 Å². The molecule has 2 saturated heterocycles. The van der Waals surface area contributed by atoms with E-state index < -0.39 is 5.60 Å². The monoisotopic (exact) mass is 483 g/mol. The normalized spacial score (nSPS) is 18.7. The van der Waals surface area contributed by atoms with Gasteiger partial charge in [-0.3, -0.25) is 4.79 Å². The number of amides is 2. The Hall–Kier alpha value is -3.06. The third-order valence-electron chi connectivity index (χ3n) is 6.80. The molecule has 1 aromatic heterocycles. The van der Waals surface area contributed by atoms with Crippen molar-refractivity contribution >= 4 is 23.6 Å². The van der Waals surface area contributed by atoms with E-state index in [0.29, 0.717) is 76.7 Å². The van der Waals surface area contributed by atoms with Gasteiger partial charge in [0, 0.05) is 70.9 Å². The zero-order valence-corrected chi connectivity index (χ0v) is 21.4. The molecule has 10 heteroatoms. The highest BCUT2D eigenvalue weighted by molar-refractivity contribution is 5.76. The summed E-state index contributed by atoms with van der Waals surface area (Å²) in [5.41, 5.74) is 2.28. The van der Waals surface area contributed by atoms with E-state index in [1.54, 1.807) is 4.90 Å². The zero-order valence-electron chi connectivity index (χ0n) is 21.4. The SMILES string of the molecule is CCC(=O)N1CCN(c2nc(N3CCN(C(=O)OC(C)(C)C)CC3)c3c(c2C#N)CNCC3)CC1. The number of ether oxygens (including phenoxy) is 1. The maximum Gasteiger partial charge on any atom is 0.410 e. The number of nitrogens with one attached hydrogen (secondary N) is 1. The average molecular weight is 484 g/mol. The topological polar surface area (TPSA) is 105 Å². The van der Waals surface area contributed by atoms with Crippen LogP contribution in [-0.2, 0) is 22.5 Å². The molecule has 0 saturated carbocycles. The summed E-state index contributed by atoms with van der Waals surface area (Å²) in [5.74, 6) is 1.80. The van der Waals surface area contributed by atoms with Crippen LogP contribution in [0.15, 0.2) is 0 Å². The van der Waals surface area contributed by atoms with Gasteiger partial charge in [-0.05, 0) is 39.3 Å². The summed E-state index contributed by atoms with van der Waals surface area (Å²) in [6.07, 6.45) is 1.04. The van der Waals surface area contributed by atoms with Crippen LogP contribution in [0.5, 0.6) is 0 Å². The van der Waals surface area contributed by atoms with Crippen LogP contribution >= 0.6 is 0 Å². The van der Waals surface area contributed by atoms with Crippen LogP contribution < -0.4 is 15.1 Å². The van der Waals surface area contributed by atoms with Crippen molar-refractivity contribution in [2.45, 2.75) is 52.7 Å². The molecule has 4 rings (SSSR count). The smallest absolute Gasteiger partial charge is 0.410 e. The number of pyridine rings is 1. The predicted octanol–water partition coefficient (Wildman–Crippen LogP) is 1.71. The van der Waals surface area contributed by atoms with E-state index in [4.69, 9.17) is 9.72 Å². The van der Waals surface area contributed by atoms with Crippen LogP contribution in [0.1, 0.15) is 50.8 Å². The molecule has 1 aromatic rings. The molecule has 10 nitrogen and oxygen atoms in total. The quantitative estimate of drug-likeness (QED) is 0.693. The Bertz CT molecular complexity index is 998. The molecule has 35 heavy (non-hydrogen) atoms. The maximum absolute atomic E-state index is 12.5. The highest BCUT2D eigenvalue weighted by atomic mass is 16.6. The van der Waals surface area contributed by atoms with Gasteiger partial charge in [0.05, 0.1) is 5.56 Å². The fraction of sp³-hybridized carbons (Fsp3) is 0.680. The fourth-order valence-corrected chi connectivity index (χ4v) is 4.96. The molecule has 0 aromatic carbocycles. The Labute approximate surface area is 207 Å². The number of hydrogen-bond donors (Lipinski definition) is 1. The van der Waals surface area contributed by atoms with Gasteiger partial charge in [-0.2, -0.15) is 5.26 Å². The van der Waals surface area contributed by atoms with Gasteiger partial charge in [-0.25, -0.2) is 9.78 Å². The van der Waals surface area contributed by atoms with Crippen LogP contribution in [0.2, 0.25) is 0 Å². The molecule has 0 bridgehead atoms. The molecular formula is C25H37N7O3. The predicted molar refractivity (Wildman–Crippen MR) is 133 cm³/mol. The lowest BCUT2D eigenvalue weighted by Gasteiger charge is -2.40. The molecule has 0 aliphatic carbocycles. The first kappa shape index (κ1) is 25.0. The molecular weight excluding hydrogens is 446 g/mol. The van der Waals surface area contributed by atoms with Gasteiger partial charge in [-0.1, -0.05) is 6.92 Å². The van der Waals surface area contributed by atoms with Gasteiger partial charge < -0.3 is 29.7 Å². The van der Waals surface area contributed by atoms with Crippen LogP contribution in [0.4, 0.5) is 16.4 Å². The Morgan fingerprint density at radius 1 is 0.971 bits per heavy atom. The molecule has 2 fully saturated rings. The van der Waals surface area contributed by atoms with E-state index in [9.17, 15) is 14.9 Å². The molecule has 3 aliphatic heterocycles. The molecule has 4 heterocycles. The minimum atomic E-state index is -0.518. The summed E-state index contributed by atoms with van der Waals surface area (Å²) in [5, 5.41) is 13.5. The van der Waals surface area contributed by atoms with E-state index >= 15 is 0 Å². The largest absolute Gasteiger partial charge is 0.444 e. The molecule has 3 aliphatic rings. The van der Waals surface area contributed by atoms with Gasteiger partial charge in [-0.15, -0.1) is 0 Å². The Morgan fingerprint density at radius 3 is 2.14 bits per heavy atom. The Balaban J connectivity index is 1.57. The number of hydrogen-bond acceptors (Lipinski definition) is 8. The van der Waals surface area contributed by atoms with Crippen molar-refractivity contribution in [3.8, 4) is 6.07 Å². The number of aromatic nitrogens is 1. The highest BCUT2D eigenvalue weighted by Gasteiger charge is 2.32. The number of nitrogens with zero attached hydrogens (tertiary/aromatic N) is 6. The average Bonchev–Trinajstić information content (AvgIpc) is 2.86. The second-order valence-corrected chi connectivity index (χ2v) is 10.3. The van der Waals surface area contributed by atoms with Crippen molar-refractivity contribution in [3.05, 3.63) is 16.7 Å². The number of carbonyl (C=O) groups is 2. The Kier molecular flexibility index (Phi) is 7.36. The molecule has 2 amide bonds. The van der Waals surface area contributed by atoms with Crippen molar-refractivity contribution in [1.29, 1.82) is 5.26 Å². The summed E-state index contributed by atoms with van der Waals surface area (Å²) >= 11 is 0. The highest BCUT2D eigenvalue weighted by Crippen LogP contribution is 2.34. The van der Waals surface area contributed by atoms with Crippen molar-refractivity contribution in [3.63, 3.8) is 0 Å². The van der Waals surface area contributed by atoms with Crippen LogP contribution in [-0.4, -0.2) is 91.3 Å². The van der Waals surface area contributed by atoms with Gasteiger partial charge in [0.2, 0.25) is 5.91 Å². The van der Waals surface area contributed by atoms with E-state index in [2.05, 4.69) is 21.2 Å². The number of nitriles is 1. The van der Waals surface area contributed by atoms with Gasteiger partial charge in [0.25, 0.3) is 0 Å². The van der Waals surface area contributed by atoms with Crippen molar-refractivity contribution in [2.75, 3.05) is 68.7 Å². The zero-order chi connectivity index (χ0) is 25.2. The molecule has 0 unspecified atom stereocenters. The molecule has 1 N–H and O–H groups in total. The Morgan fingerprint density at radius 2 is 1.57 bits per heavy atom. The molecule has 190 valence electrons. The van der Waals surface area contributed by atoms with E-state index in [-0.39, 0.29) is 12.0 Å². The minimum absolute atomic E-state index is 0.163. The first-order valence-electron chi connectivity index (χ1n) is 12.6. The first-order valence-corrected chi connectivity index (χ1v) is 12.6. The first-order chi connectivity index (χ1) is 16.7. The van der Waals surface area contributed by atoms with E-state index in [0.717, 1.165) is 29.9 Å². The second kappa shape index (κ2) is 10.3. The summed E-state index contributed by atoms with van der Waals surface area (Å²) in [4.78, 5) is 37.8. The lowest BCUT2D eigenvalue weighted by molar-refractivity contribution is -0.131. The maximum atomic E-state index is 12.5. The van der Waals surface area contributed by atoms with Gasteiger partial charge in [0.15, 0.2) is 0 Å². The van der Waals surface area contributed by atoms with E-state index in [1.165, 1.54) is 0 Å². The number of anilines is 2. The fourth-order valence-electron chi connectivity index (χ4n) is 4.96. The number of carbonyl (C=O) groups excluding carboxylic acids is 2. The standard InChI is InChI=1S/C25H37N7O3/c1-5-21(33)29-8-10-31(11-9-29)23-19(16-26)20-17-27-7-6-18(20)22(28-23)30-12-14-32(15-13-30)24(34)35-25(2,3)4/h27H,5-15,17H2,1-4H3. The summed E-state index contributed by atoms with van der Waals surface area (Å²) in [7, 11) is 0. The molecule has 0 radical (unpaired) electrons.